The highest BCUT2D eigenvalue weighted by atomic mass is 35.5. The number of alkyl halides is 1. The molecule has 0 amide bonds. The third-order valence-electron chi connectivity index (χ3n) is 2.63. The van der Waals surface area contributed by atoms with Crippen LogP contribution in [0.25, 0.3) is 0 Å². The SMILES string of the molecule is O=[N+]([O-])c1cccc(COc2ccccc2CCl)c1. The van der Waals surface area contributed by atoms with Crippen LogP contribution < -0.4 is 4.74 Å². The largest absolute Gasteiger partial charge is 0.489 e. The first-order valence-electron chi connectivity index (χ1n) is 5.70. The van der Waals surface area contributed by atoms with E-state index in [0.717, 1.165) is 11.1 Å². The molecule has 2 aromatic rings. The van der Waals surface area contributed by atoms with Crippen LogP contribution >= 0.6 is 11.6 Å². The molecular weight excluding hydrogens is 266 g/mol. The minimum atomic E-state index is -0.420. The zero-order valence-corrected chi connectivity index (χ0v) is 10.8. The molecule has 0 atom stereocenters. The molecule has 0 radical (unpaired) electrons. The minimum absolute atomic E-state index is 0.0618. The molecule has 5 heteroatoms. The molecule has 0 unspecified atom stereocenters. The van der Waals surface area contributed by atoms with Gasteiger partial charge in [-0.05, 0) is 11.6 Å². The molecule has 0 fully saturated rings. The summed E-state index contributed by atoms with van der Waals surface area (Å²) in [4.78, 5) is 10.3. The number of ether oxygens (including phenoxy) is 1. The smallest absolute Gasteiger partial charge is 0.269 e. The second kappa shape index (κ2) is 6.20. The Kier molecular flexibility index (Phi) is 4.36. The van der Waals surface area contributed by atoms with Gasteiger partial charge in [-0.25, -0.2) is 0 Å². The average molecular weight is 278 g/mol. The fourth-order valence-electron chi connectivity index (χ4n) is 1.68. The fraction of sp³-hybridized carbons (Fsp3) is 0.143. The summed E-state index contributed by atoms with van der Waals surface area (Å²) in [5.74, 6) is 1.06. The van der Waals surface area contributed by atoms with Crippen molar-refractivity contribution in [2.75, 3.05) is 0 Å². The van der Waals surface area contributed by atoms with Crippen molar-refractivity contribution in [2.45, 2.75) is 12.5 Å². The summed E-state index contributed by atoms with van der Waals surface area (Å²) in [6.45, 7) is 0.273. The Labute approximate surface area is 115 Å². The summed E-state index contributed by atoms with van der Waals surface area (Å²) in [5.41, 5.74) is 1.71. The third kappa shape index (κ3) is 3.45. The van der Waals surface area contributed by atoms with E-state index in [0.29, 0.717) is 11.6 Å². The van der Waals surface area contributed by atoms with Gasteiger partial charge >= 0.3 is 0 Å². The summed E-state index contributed by atoms with van der Waals surface area (Å²) >= 11 is 5.81. The molecule has 0 aliphatic heterocycles. The van der Waals surface area contributed by atoms with E-state index in [-0.39, 0.29) is 12.3 Å². The van der Waals surface area contributed by atoms with Gasteiger partial charge in [-0.2, -0.15) is 0 Å². The van der Waals surface area contributed by atoms with Crippen LogP contribution in [-0.2, 0) is 12.5 Å². The second-order valence-electron chi connectivity index (χ2n) is 3.96. The van der Waals surface area contributed by atoms with E-state index in [1.54, 1.807) is 12.1 Å². The number of halogens is 1. The number of benzene rings is 2. The lowest BCUT2D eigenvalue weighted by molar-refractivity contribution is -0.384. The number of para-hydroxylation sites is 1. The summed E-state index contributed by atoms with van der Waals surface area (Å²) in [6.07, 6.45) is 0. The molecule has 0 bridgehead atoms. The van der Waals surface area contributed by atoms with Crippen LogP contribution in [0.1, 0.15) is 11.1 Å². The average Bonchev–Trinajstić information content (AvgIpc) is 2.45. The fourth-order valence-corrected chi connectivity index (χ4v) is 1.90. The first-order valence-corrected chi connectivity index (χ1v) is 6.24. The Hall–Kier alpha value is -2.07. The number of non-ortho nitro benzene ring substituents is 1. The second-order valence-corrected chi connectivity index (χ2v) is 4.22. The van der Waals surface area contributed by atoms with Gasteiger partial charge in [0.05, 0.1) is 10.8 Å². The molecule has 0 saturated carbocycles. The molecule has 2 rings (SSSR count). The van der Waals surface area contributed by atoms with Crippen LogP contribution in [0.2, 0.25) is 0 Å². The Morgan fingerprint density at radius 2 is 1.95 bits per heavy atom. The summed E-state index contributed by atoms with van der Waals surface area (Å²) in [5, 5.41) is 10.7. The van der Waals surface area contributed by atoms with Crippen LogP contribution in [0.15, 0.2) is 48.5 Å². The Morgan fingerprint density at radius 3 is 2.68 bits per heavy atom. The molecule has 0 aromatic heterocycles. The predicted molar refractivity (Wildman–Crippen MR) is 73.4 cm³/mol. The van der Waals surface area contributed by atoms with E-state index in [1.165, 1.54) is 12.1 Å². The van der Waals surface area contributed by atoms with E-state index in [9.17, 15) is 10.1 Å². The van der Waals surface area contributed by atoms with Gasteiger partial charge in [0.15, 0.2) is 0 Å². The summed E-state index contributed by atoms with van der Waals surface area (Å²) < 4.78 is 5.64. The van der Waals surface area contributed by atoms with Crippen LogP contribution in [0.5, 0.6) is 5.75 Å². The number of nitrogens with zero attached hydrogens (tertiary/aromatic N) is 1. The number of hydrogen-bond acceptors (Lipinski definition) is 3. The van der Waals surface area contributed by atoms with Crippen LogP contribution in [0.4, 0.5) is 5.69 Å². The van der Waals surface area contributed by atoms with Crippen molar-refractivity contribution in [3.8, 4) is 5.75 Å². The molecule has 98 valence electrons. The standard InChI is InChI=1S/C14H12ClNO3/c15-9-12-5-1-2-7-14(12)19-10-11-4-3-6-13(8-11)16(17)18/h1-8H,9-10H2. The molecular formula is C14H12ClNO3. The molecule has 4 nitrogen and oxygen atoms in total. The van der Waals surface area contributed by atoms with Crippen LogP contribution in [0, 0.1) is 10.1 Å². The van der Waals surface area contributed by atoms with Gasteiger partial charge in [0.1, 0.15) is 12.4 Å². The van der Waals surface area contributed by atoms with Crippen molar-refractivity contribution >= 4 is 17.3 Å². The van der Waals surface area contributed by atoms with Gasteiger partial charge < -0.3 is 4.74 Å². The molecule has 0 spiro atoms. The highest BCUT2D eigenvalue weighted by Gasteiger charge is 2.07. The zero-order chi connectivity index (χ0) is 13.7. The van der Waals surface area contributed by atoms with Gasteiger partial charge in [-0.3, -0.25) is 10.1 Å². The maximum absolute atomic E-state index is 10.7. The lowest BCUT2D eigenvalue weighted by Crippen LogP contribution is -1.98. The first-order chi connectivity index (χ1) is 9.20. The van der Waals surface area contributed by atoms with Gasteiger partial charge in [-0.15, -0.1) is 11.6 Å². The highest BCUT2D eigenvalue weighted by Crippen LogP contribution is 2.21. The molecule has 2 aromatic carbocycles. The lowest BCUT2D eigenvalue weighted by Gasteiger charge is -2.09. The maximum atomic E-state index is 10.7. The number of rotatable bonds is 5. The van der Waals surface area contributed by atoms with E-state index in [1.807, 2.05) is 24.3 Å². The monoisotopic (exact) mass is 277 g/mol. The van der Waals surface area contributed by atoms with E-state index in [2.05, 4.69) is 0 Å². The van der Waals surface area contributed by atoms with Gasteiger partial charge in [0, 0.05) is 17.7 Å². The van der Waals surface area contributed by atoms with Crippen molar-refractivity contribution < 1.29 is 9.66 Å². The van der Waals surface area contributed by atoms with E-state index in [4.69, 9.17) is 16.3 Å². The molecule has 0 aliphatic rings. The van der Waals surface area contributed by atoms with Gasteiger partial charge in [0.25, 0.3) is 5.69 Å². The number of nitro groups is 1. The Bertz CT molecular complexity index is 586. The van der Waals surface area contributed by atoms with Crippen molar-refractivity contribution in [2.24, 2.45) is 0 Å². The molecule has 0 N–H and O–H groups in total. The summed E-state index contributed by atoms with van der Waals surface area (Å²) in [7, 11) is 0. The van der Waals surface area contributed by atoms with Gasteiger partial charge in [-0.1, -0.05) is 30.3 Å². The first kappa shape index (κ1) is 13.4. The molecule has 19 heavy (non-hydrogen) atoms. The Morgan fingerprint density at radius 1 is 1.16 bits per heavy atom. The zero-order valence-electron chi connectivity index (χ0n) is 10.1. The minimum Gasteiger partial charge on any atom is -0.489 e. The van der Waals surface area contributed by atoms with Crippen molar-refractivity contribution in [1.82, 2.24) is 0 Å². The third-order valence-corrected chi connectivity index (χ3v) is 2.92. The van der Waals surface area contributed by atoms with Crippen molar-refractivity contribution in [1.29, 1.82) is 0 Å². The predicted octanol–water partition coefficient (Wildman–Crippen LogP) is 3.91. The van der Waals surface area contributed by atoms with E-state index < -0.39 is 4.92 Å². The van der Waals surface area contributed by atoms with Crippen molar-refractivity contribution in [3.05, 3.63) is 69.8 Å². The van der Waals surface area contributed by atoms with Crippen LogP contribution in [-0.4, -0.2) is 4.92 Å². The lowest BCUT2D eigenvalue weighted by atomic mass is 10.2. The highest BCUT2D eigenvalue weighted by molar-refractivity contribution is 6.17. The summed E-state index contributed by atoms with van der Waals surface area (Å²) in [6, 6.07) is 13.8. The van der Waals surface area contributed by atoms with Crippen LogP contribution in [0.3, 0.4) is 0 Å². The molecule has 0 saturated heterocycles. The number of nitro benzene ring substituents is 1. The van der Waals surface area contributed by atoms with E-state index >= 15 is 0 Å². The topological polar surface area (TPSA) is 52.4 Å². The van der Waals surface area contributed by atoms with Gasteiger partial charge in [0.2, 0.25) is 0 Å². The molecule has 0 heterocycles. The normalized spacial score (nSPS) is 10.2. The number of hydrogen-bond donors (Lipinski definition) is 0. The Balaban J connectivity index is 2.10. The maximum Gasteiger partial charge on any atom is 0.269 e. The quantitative estimate of drug-likeness (QED) is 0.473. The van der Waals surface area contributed by atoms with Crippen molar-refractivity contribution in [3.63, 3.8) is 0 Å². The molecule has 0 aliphatic carbocycles.